The van der Waals surface area contributed by atoms with Gasteiger partial charge in [-0.15, -0.1) is 0 Å². The topological polar surface area (TPSA) is 89.9 Å². The van der Waals surface area contributed by atoms with Crippen LogP contribution < -0.4 is 20.3 Å². The number of anilines is 1. The molecule has 0 bridgehead atoms. The minimum absolute atomic E-state index is 0.00961. The van der Waals surface area contributed by atoms with Gasteiger partial charge >= 0.3 is 0 Å². The number of nitrogens with one attached hydrogen (secondary N) is 1. The van der Waals surface area contributed by atoms with E-state index in [1.807, 2.05) is 13.8 Å². The molecule has 1 heterocycles. The van der Waals surface area contributed by atoms with Gasteiger partial charge in [0.05, 0.1) is 25.3 Å². The van der Waals surface area contributed by atoms with Crippen molar-refractivity contribution >= 4 is 17.5 Å². The molecular weight excluding hydrogens is 362 g/mol. The zero-order chi connectivity index (χ0) is 20.8. The van der Waals surface area contributed by atoms with Gasteiger partial charge in [-0.3, -0.25) is 14.4 Å². The lowest BCUT2D eigenvalue weighted by Gasteiger charge is -2.19. The van der Waals surface area contributed by atoms with Crippen LogP contribution in [0.4, 0.5) is 5.69 Å². The van der Waals surface area contributed by atoms with E-state index >= 15 is 0 Å². The van der Waals surface area contributed by atoms with Gasteiger partial charge in [-0.05, 0) is 32.0 Å². The third kappa shape index (κ3) is 4.16. The Morgan fingerprint density at radius 3 is 2.39 bits per heavy atom. The van der Waals surface area contributed by atoms with Crippen molar-refractivity contribution in [1.29, 1.82) is 0 Å². The van der Waals surface area contributed by atoms with Crippen molar-refractivity contribution in [3.05, 3.63) is 51.9 Å². The molecule has 0 saturated carbocycles. The number of aryl methyl sites for hydroxylation is 1. The van der Waals surface area contributed by atoms with E-state index in [0.29, 0.717) is 24.4 Å². The van der Waals surface area contributed by atoms with Crippen LogP contribution in [0, 0.1) is 0 Å². The number of carbonyl (C=O) groups is 2. The number of aromatic nitrogens is 1. The van der Waals surface area contributed by atoms with Crippen LogP contribution in [-0.4, -0.2) is 48.6 Å². The Balaban J connectivity index is 2.43. The SMILES string of the molecule is CCN(CC)C(=O)c1cc(NC(=O)c2cccc(OC)c2OC)c(=O)n(C)c1. The Hall–Kier alpha value is -3.29. The number of methoxy groups -OCH3 is 2. The Bertz CT molecular complexity index is 932. The molecule has 0 aliphatic rings. The summed E-state index contributed by atoms with van der Waals surface area (Å²) >= 11 is 0. The third-order valence-electron chi connectivity index (χ3n) is 4.38. The molecule has 1 aromatic heterocycles. The average Bonchev–Trinajstić information content (AvgIpc) is 2.71. The molecule has 28 heavy (non-hydrogen) atoms. The van der Waals surface area contributed by atoms with Crippen LogP contribution in [0.3, 0.4) is 0 Å². The smallest absolute Gasteiger partial charge is 0.274 e. The number of pyridine rings is 1. The molecule has 1 aromatic carbocycles. The summed E-state index contributed by atoms with van der Waals surface area (Å²) in [6.07, 6.45) is 1.46. The Labute approximate surface area is 163 Å². The predicted molar refractivity (Wildman–Crippen MR) is 106 cm³/mol. The minimum Gasteiger partial charge on any atom is -0.493 e. The monoisotopic (exact) mass is 387 g/mol. The number of ether oxygens (including phenoxy) is 2. The molecular formula is C20H25N3O5. The Kier molecular flexibility index (Phi) is 6.81. The van der Waals surface area contributed by atoms with Gasteiger partial charge in [0.2, 0.25) is 0 Å². The number of rotatable bonds is 7. The molecule has 150 valence electrons. The first-order chi connectivity index (χ1) is 13.4. The maximum atomic E-state index is 12.8. The summed E-state index contributed by atoms with van der Waals surface area (Å²) in [5.74, 6) is -0.0986. The second-order valence-electron chi connectivity index (χ2n) is 6.03. The van der Waals surface area contributed by atoms with Crippen LogP contribution in [-0.2, 0) is 7.05 Å². The molecule has 2 amide bonds. The first-order valence-corrected chi connectivity index (χ1v) is 8.90. The van der Waals surface area contributed by atoms with Gasteiger partial charge in [0.1, 0.15) is 5.69 Å². The lowest BCUT2D eigenvalue weighted by Crippen LogP contribution is -2.32. The van der Waals surface area contributed by atoms with Crippen molar-refractivity contribution in [2.45, 2.75) is 13.8 Å². The summed E-state index contributed by atoms with van der Waals surface area (Å²) in [4.78, 5) is 39.5. The van der Waals surface area contributed by atoms with Crippen LogP contribution in [0.2, 0.25) is 0 Å². The summed E-state index contributed by atoms with van der Waals surface area (Å²) < 4.78 is 11.7. The second kappa shape index (κ2) is 9.07. The molecule has 8 nitrogen and oxygen atoms in total. The summed E-state index contributed by atoms with van der Waals surface area (Å²) in [6, 6.07) is 6.27. The molecule has 0 unspecified atom stereocenters. The molecule has 0 saturated heterocycles. The van der Waals surface area contributed by atoms with Gasteiger partial charge in [-0.25, -0.2) is 0 Å². The molecule has 0 spiro atoms. The number of hydrogen-bond donors (Lipinski definition) is 1. The molecule has 2 rings (SSSR count). The second-order valence-corrected chi connectivity index (χ2v) is 6.03. The van der Waals surface area contributed by atoms with E-state index in [1.165, 1.54) is 38.1 Å². The van der Waals surface area contributed by atoms with Crippen molar-refractivity contribution in [3.63, 3.8) is 0 Å². The maximum Gasteiger partial charge on any atom is 0.274 e. The Morgan fingerprint density at radius 1 is 1.14 bits per heavy atom. The minimum atomic E-state index is -0.541. The quantitative estimate of drug-likeness (QED) is 0.786. The summed E-state index contributed by atoms with van der Waals surface area (Å²) in [5, 5.41) is 2.59. The van der Waals surface area contributed by atoms with Crippen LogP contribution in [0.5, 0.6) is 11.5 Å². The van der Waals surface area contributed by atoms with E-state index < -0.39 is 11.5 Å². The molecule has 2 aromatic rings. The van der Waals surface area contributed by atoms with Crippen molar-refractivity contribution in [2.24, 2.45) is 7.05 Å². The van der Waals surface area contributed by atoms with Crippen molar-refractivity contribution in [1.82, 2.24) is 9.47 Å². The van der Waals surface area contributed by atoms with Gasteiger partial charge in [0.15, 0.2) is 11.5 Å². The predicted octanol–water partition coefficient (Wildman–Crippen LogP) is 2.14. The van der Waals surface area contributed by atoms with E-state index in [1.54, 1.807) is 23.1 Å². The summed E-state index contributed by atoms with van der Waals surface area (Å²) in [6.45, 7) is 4.84. The van der Waals surface area contributed by atoms with E-state index in [-0.39, 0.29) is 22.9 Å². The summed E-state index contributed by atoms with van der Waals surface area (Å²) in [7, 11) is 4.43. The van der Waals surface area contributed by atoms with Crippen LogP contribution >= 0.6 is 0 Å². The zero-order valence-corrected chi connectivity index (χ0v) is 16.7. The van der Waals surface area contributed by atoms with Gasteiger partial charge in [0, 0.05) is 26.3 Å². The third-order valence-corrected chi connectivity index (χ3v) is 4.38. The fraction of sp³-hybridized carbons (Fsp3) is 0.350. The first-order valence-electron chi connectivity index (χ1n) is 8.90. The number of hydrogen-bond acceptors (Lipinski definition) is 5. The molecule has 0 atom stereocenters. The number of amides is 2. The molecule has 0 aliphatic carbocycles. The normalized spacial score (nSPS) is 10.3. The standard InChI is InChI=1S/C20H25N3O5/c1-6-23(7-2)19(25)13-11-15(20(26)22(3)12-13)21-18(24)14-9-8-10-16(27-4)17(14)28-5/h8-12H,6-7H2,1-5H3,(H,21,24). The fourth-order valence-corrected chi connectivity index (χ4v) is 2.87. The van der Waals surface area contributed by atoms with Crippen molar-refractivity contribution in [3.8, 4) is 11.5 Å². The van der Waals surface area contributed by atoms with E-state index in [0.717, 1.165) is 0 Å². The van der Waals surface area contributed by atoms with Gasteiger partial charge in [-0.2, -0.15) is 0 Å². The van der Waals surface area contributed by atoms with Crippen molar-refractivity contribution in [2.75, 3.05) is 32.6 Å². The number of nitrogens with zero attached hydrogens (tertiary/aromatic N) is 2. The highest BCUT2D eigenvalue weighted by atomic mass is 16.5. The average molecular weight is 387 g/mol. The van der Waals surface area contributed by atoms with E-state index in [4.69, 9.17) is 9.47 Å². The van der Waals surface area contributed by atoms with Crippen molar-refractivity contribution < 1.29 is 19.1 Å². The van der Waals surface area contributed by atoms with Crippen LogP contribution in [0.15, 0.2) is 35.3 Å². The highest BCUT2D eigenvalue weighted by Gasteiger charge is 2.20. The molecule has 0 fully saturated rings. The van der Waals surface area contributed by atoms with E-state index in [2.05, 4.69) is 5.32 Å². The number of carbonyl (C=O) groups excluding carboxylic acids is 2. The van der Waals surface area contributed by atoms with Gasteiger partial charge in [0.25, 0.3) is 17.4 Å². The fourth-order valence-electron chi connectivity index (χ4n) is 2.87. The van der Waals surface area contributed by atoms with Crippen LogP contribution in [0.25, 0.3) is 0 Å². The molecule has 8 heteroatoms. The molecule has 1 N–H and O–H groups in total. The first kappa shape index (κ1) is 21.0. The van der Waals surface area contributed by atoms with Gasteiger partial charge < -0.3 is 24.3 Å². The number of benzene rings is 1. The number of para-hydroxylation sites is 1. The van der Waals surface area contributed by atoms with E-state index in [9.17, 15) is 14.4 Å². The largest absolute Gasteiger partial charge is 0.493 e. The molecule has 0 radical (unpaired) electrons. The van der Waals surface area contributed by atoms with Crippen LogP contribution in [0.1, 0.15) is 34.6 Å². The summed E-state index contributed by atoms with van der Waals surface area (Å²) in [5.41, 5.74) is 0.116. The Morgan fingerprint density at radius 2 is 1.82 bits per heavy atom. The lowest BCUT2D eigenvalue weighted by atomic mass is 10.1. The zero-order valence-electron chi connectivity index (χ0n) is 16.7. The lowest BCUT2D eigenvalue weighted by molar-refractivity contribution is 0.0771. The molecule has 0 aliphatic heterocycles. The van der Waals surface area contributed by atoms with Gasteiger partial charge in [-0.1, -0.05) is 6.07 Å². The highest BCUT2D eigenvalue weighted by Crippen LogP contribution is 2.31. The highest BCUT2D eigenvalue weighted by molar-refractivity contribution is 6.07. The maximum absolute atomic E-state index is 12.8.